The first-order valence-corrected chi connectivity index (χ1v) is 8.27. The summed E-state index contributed by atoms with van der Waals surface area (Å²) >= 11 is 0. The van der Waals surface area contributed by atoms with E-state index in [-0.39, 0.29) is 6.17 Å². The molecule has 0 aliphatic carbocycles. The van der Waals surface area contributed by atoms with E-state index < -0.39 is 0 Å². The molecule has 130 valence electrons. The van der Waals surface area contributed by atoms with Crippen molar-refractivity contribution in [2.75, 3.05) is 0 Å². The van der Waals surface area contributed by atoms with Crippen LogP contribution in [0.1, 0.15) is 16.7 Å². The monoisotopic (exact) mass is 345 g/mol. The molecule has 0 saturated heterocycles. The van der Waals surface area contributed by atoms with E-state index in [1.165, 1.54) is 5.56 Å². The fourth-order valence-electron chi connectivity index (χ4n) is 2.74. The first kappa shape index (κ1) is 15.9. The summed E-state index contributed by atoms with van der Waals surface area (Å²) in [6, 6.07) is 12.0. The second-order valence-electron chi connectivity index (χ2n) is 6.12. The van der Waals surface area contributed by atoms with Gasteiger partial charge in [0.15, 0.2) is 12.0 Å². The van der Waals surface area contributed by atoms with E-state index in [0.29, 0.717) is 11.5 Å². The van der Waals surface area contributed by atoms with Crippen molar-refractivity contribution < 1.29 is 0 Å². The minimum atomic E-state index is -0.190. The number of hydrogen-bond donors (Lipinski definition) is 3. The molecular weight excluding hydrogens is 326 g/mol. The van der Waals surface area contributed by atoms with E-state index >= 15 is 0 Å². The van der Waals surface area contributed by atoms with Crippen molar-refractivity contribution in [3.8, 4) is 0 Å². The van der Waals surface area contributed by atoms with Gasteiger partial charge in [-0.05, 0) is 24.6 Å². The number of aromatic nitrogens is 1. The number of rotatable bonds is 3. The zero-order valence-corrected chi connectivity index (χ0v) is 14.3. The number of pyridine rings is 1. The normalized spacial score (nSPS) is 18.7. The van der Waals surface area contributed by atoms with Crippen LogP contribution in [0.5, 0.6) is 0 Å². The lowest BCUT2D eigenvalue weighted by Gasteiger charge is -2.25. The maximum absolute atomic E-state index is 6.19. The van der Waals surface area contributed by atoms with E-state index in [9.17, 15) is 0 Å². The van der Waals surface area contributed by atoms with Gasteiger partial charge in [-0.2, -0.15) is 10.2 Å². The first-order valence-electron chi connectivity index (χ1n) is 8.27. The van der Waals surface area contributed by atoms with Gasteiger partial charge >= 0.3 is 0 Å². The van der Waals surface area contributed by atoms with Gasteiger partial charge in [-0.1, -0.05) is 29.8 Å². The van der Waals surface area contributed by atoms with Crippen LogP contribution in [0.3, 0.4) is 0 Å². The third-order valence-corrected chi connectivity index (χ3v) is 4.12. The molecule has 0 saturated carbocycles. The maximum atomic E-state index is 6.19. The van der Waals surface area contributed by atoms with Gasteiger partial charge in [0.1, 0.15) is 0 Å². The molecule has 0 fully saturated rings. The Morgan fingerprint density at radius 2 is 1.96 bits per heavy atom. The Kier molecular flexibility index (Phi) is 4.10. The first-order chi connectivity index (χ1) is 12.7. The molecular formula is C19H19N7. The summed E-state index contributed by atoms with van der Waals surface area (Å²) < 4.78 is 0. The number of hydrogen-bond acceptors (Lipinski definition) is 7. The van der Waals surface area contributed by atoms with Gasteiger partial charge < -0.3 is 11.1 Å². The molecule has 3 heterocycles. The van der Waals surface area contributed by atoms with Gasteiger partial charge in [0.25, 0.3) is 0 Å². The Labute approximate surface area is 151 Å². The lowest BCUT2D eigenvalue weighted by molar-refractivity contribution is 0.321. The highest BCUT2D eigenvalue weighted by Gasteiger charge is 2.29. The van der Waals surface area contributed by atoms with Gasteiger partial charge in [-0.15, -0.1) is 0 Å². The van der Waals surface area contributed by atoms with Crippen LogP contribution < -0.4 is 16.5 Å². The third-order valence-electron chi connectivity index (χ3n) is 4.12. The average molecular weight is 345 g/mol. The summed E-state index contributed by atoms with van der Waals surface area (Å²) in [4.78, 5) is 4.04. The smallest absolute Gasteiger partial charge is 0.168 e. The lowest BCUT2D eigenvalue weighted by atomic mass is 10.2. The lowest BCUT2D eigenvalue weighted by Crippen LogP contribution is -2.42. The molecule has 0 radical (unpaired) electrons. The highest BCUT2D eigenvalue weighted by Crippen LogP contribution is 2.24. The number of amidine groups is 1. The number of nitrogens with zero attached hydrogens (tertiary/aromatic N) is 4. The molecule has 1 atom stereocenters. The van der Waals surface area contributed by atoms with Gasteiger partial charge in [0.05, 0.1) is 23.8 Å². The summed E-state index contributed by atoms with van der Waals surface area (Å²) in [5, 5.41) is 13.9. The molecule has 26 heavy (non-hydrogen) atoms. The fraction of sp³-hybridized carbons (Fsp3) is 0.105. The van der Waals surface area contributed by atoms with Crippen LogP contribution in [0.15, 0.2) is 77.0 Å². The van der Waals surface area contributed by atoms with Crippen LogP contribution in [0.4, 0.5) is 0 Å². The van der Waals surface area contributed by atoms with Gasteiger partial charge in [0, 0.05) is 24.0 Å². The molecule has 4 rings (SSSR count). The Morgan fingerprint density at radius 1 is 1.19 bits per heavy atom. The van der Waals surface area contributed by atoms with E-state index in [1.807, 2.05) is 42.6 Å². The van der Waals surface area contributed by atoms with Crippen molar-refractivity contribution in [1.82, 2.24) is 20.7 Å². The van der Waals surface area contributed by atoms with E-state index in [1.54, 1.807) is 29.7 Å². The highest BCUT2D eigenvalue weighted by molar-refractivity contribution is 5.95. The van der Waals surface area contributed by atoms with Crippen LogP contribution in [0.2, 0.25) is 0 Å². The highest BCUT2D eigenvalue weighted by atomic mass is 15.6. The molecule has 7 nitrogen and oxygen atoms in total. The molecule has 0 spiro atoms. The Hall–Kier alpha value is -3.61. The largest absolute Gasteiger partial charge is 0.399 e. The van der Waals surface area contributed by atoms with E-state index in [2.05, 4.69) is 32.9 Å². The van der Waals surface area contributed by atoms with Gasteiger partial charge in [-0.3, -0.25) is 10.4 Å². The standard InChI is InChI=1S/C19H19N7/c1-13-2-4-14(5-3-13)11-22-24-18-10-16(20)19-23-17(12-26(19)25-18)15-6-8-21-9-7-15/h2-12,19,23H,20H2,1H3,(H,24,25)/b22-11+. The summed E-state index contributed by atoms with van der Waals surface area (Å²) in [5.41, 5.74) is 14.0. The van der Waals surface area contributed by atoms with Crippen molar-refractivity contribution in [1.29, 1.82) is 0 Å². The summed E-state index contributed by atoms with van der Waals surface area (Å²) in [7, 11) is 0. The van der Waals surface area contributed by atoms with E-state index in [0.717, 1.165) is 16.8 Å². The molecule has 2 aromatic rings. The predicted octanol–water partition coefficient (Wildman–Crippen LogP) is 1.71. The quantitative estimate of drug-likeness (QED) is 0.582. The van der Waals surface area contributed by atoms with Gasteiger partial charge in [0.2, 0.25) is 0 Å². The predicted molar refractivity (Wildman–Crippen MR) is 103 cm³/mol. The van der Waals surface area contributed by atoms with Crippen LogP contribution in [0, 0.1) is 6.92 Å². The third kappa shape index (κ3) is 3.27. The maximum Gasteiger partial charge on any atom is 0.168 e. The van der Waals surface area contributed by atoms with Crippen molar-refractivity contribution in [2.45, 2.75) is 13.1 Å². The van der Waals surface area contributed by atoms with Crippen molar-refractivity contribution >= 4 is 17.7 Å². The molecule has 1 aromatic carbocycles. The van der Waals surface area contributed by atoms with Crippen LogP contribution in [0.25, 0.3) is 5.70 Å². The zero-order valence-electron chi connectivity index (χ0n) is 14.3. The minimum Gasteiger partial charge on any atom is -0.399 e. The molecule has 0 amide bonds. The number of benzene rings is 1. The molecule has 4 N–H and O–H groups in total. The zero-order chi connectivity index (χ0) is 17.9. The van der Waals surface area contributed by atoms with Crippen molar-refractivity contribution in [3.05, 3.63) is 83.5 Å². The average Bonchev–Trinajstić information content (AvgIpc) is 3.09. The van der Waals surface area contributed by atoms with Crippen LogP contribution in [-0.2, 0) is 0 Å². The molecule has 7 heteroatoms. The fourth-order valence-corrected chi connectivity index (χ4v) is 2.74. The number of nitrogens with two attached hydrogens (primary N) is 1. The Morgan fingerprint density at radius 3 is 2.73 bits per heavy atom. The number of aryl methyl sites for hydroxylation is 1. The summed E-state index contributed by atoms with van der Waals surface area (Å²) in [6.07, 6.45) is 8.77. The number of hydrazone groups is 2. The molecule has 2 aliphatic rings. The minimum absolute atomic E-state index is 0.190. The van der Waals surface area contributed by atoms with Crippen molar-refractivity contribution in [2.24, 2.45) is 15.9 Å². The van der Waals surface area contributed by atoms with E-state index in [4.69, 9.17) is 5.73 Å². The van der Waals surface area contributed by atoms with Gasteiger partial charge in [-0.25, -0.2) is 5.01 Å². The Balaban J connectivity index is 1.48. The molecule has 1 unspecified atom stereocenters. The summed E-state index contributed by atoms with van der Waals surface area (Å²) in [5.74, 6) is 0.580. The molecule has 1 aromatic heterocycles. The number of nitrogens with one attached hydrogen (secondary N) is 2. The Bertz CT molecular complexity index is 911. The topological polar surface area (TPSA) is 90.9 Å². The van der Waals surface area contributed by atoms with Crippen molar-refractivity contribution in [3.63, 3.8) is 0 Å². The SMILES string of the molecule is Cc1ccc(/C=N/NC2=NN3C=C(c4ccncc4)NC3C(N)=C2)cc1. The van der Waals surface area contributed by atoms with Crippen LogP contribution in [-0.4, -0.2) is 28.2 Å². The second-order valence-corrected chi connectivity index (χ2v) is 6.12. The summed E-state index contributed by atoms with van der Waals surface area (Å²) in [6.45, 7) is 2.05. The molecule has 2 aliphatic heterocycles. The molecule has 0 bridgehead atoms. The second kappa shape index (κ2) is 6.72. The number of fused-ring (bicyclic) bond motifs is 1. The van der Waals surface area contributed by atoms with Crippen LogP contribution >= 0.6 is 0 Å².